The number of hydrogen-bond donors (Lipinski definition) is 0. The van der Waals surface area contributed by atoms with Crippen molar-refractivity contribution < 1.29 is 19.1 Å². The number of anilines is 1. The Kier molecular flexibility index (Phi) is 5.04. The summed E-state index contributed by atoms with van der Waals surface area (Å²) in [6, 6.07) is 13.4. The third-order valence-corrected chi connectivity index (χ3v) is 5.38. The number of aryl methyl sites for hydroxylation is 1. The van der Waals surface area contributed by atoms with Crippen molar-refractivity contribution in [1.29, 1.82) is 0 Å². The maximum atomic E-state index is 13.2. The standard InChI is InChI=1S/C23H26N2O4/c1-16-4-6-17(7-5-16)15-25-19-14-18(21(26)24-10-12-28-13-11-24)8-9-20(19)29-23(2,3)22(25)27/h4-9,14H,10-13,15H2,1-3H3. The fourth-order valence-corrected chi connectivity index (χ4v) is 3.68. The van der Waals surface area contributed by atoms with Crippen LogP contribution in [0.4, 0.5) is 5.69 Å². The Morgan fingerprint density at radius 1 is 1.07 bits per heavy atom. The summed E-state index contributed by atoms with van der Waals surface area (Å²) < 4.78 is 11.3. The third-order valence-electron chi connectivity index (χ3n) is 5.38. The summed E-state index contributed by atoms with van der Waals surface area (Å²) in [5.74, 6) is 0.436. The van der Waals surface area contributed by atoms with Crippen molar-refractivity contribution in [2.45, 2.75) is 32.9 Å². The van der Waals surface area contributed by atoms with Gasteiger partial charge in [0.25, 0.3) is 11.8 Å². The van der Waals surface area contributed by atoms with Crippen LogP contribution in [0.25, 0.3) is 0 Å². The maximum Gasteiger partial charge on any atom is 0.271 e. The summed E-state index contributed by atoms with van der Waals surface area (Å²) in [6.45, 7) is 8.25. The van der Waals surface area contributed by atoms with E-state index in [2.05, 4.69) is 0 Å². The van der Waals surface area contributed by atoms with Gasteiger partial charge in [0.15, 0.2) is 5.60 Å². The van der Waals surface area contributed by atoms with Gasteiger partial charge in [-0.1, -0.05) is 29.8 Å². The lowest BCUT2D eigenvalue weighted by Crippen LogP contribution is -2.52. The number of carbonyl (C=O) groups excluding carboxylic acids is 2. The SMILES string of the molecule is Cc1ccc(CN2C(=O)C(C)(C)Oc3ccc(C(=O)N4CCOCC4)cc32)cc1. The molecule has 0 saturated carbocycles. The molecule has 29 heavy (non-hydrogen) atoms. The molecular weight excluding hydrogens is 368 g/mol. The summed E-state index contributed by atoms with van der Waals surface area (Å²) in [4.78, 5) is 29.6. The van der Waals surface area contributed by atoms with Gasteiger partial charge < -0.3 is 19.3 Å². The largest absolute Gasteiger partial charge is 0.476 e. The highest BCUT2D eigenvalue weighted by Crippen LogP contribution is 2.39. The number of amides is 2. The Bertz CT molecular complexity index is 930. The van der Waals surface area contributed by atoms with E-state index >= 15 is 0 Å². The lowest BCUT2D eigenvalue weighted by atomic mass is 10.0. The molecule has 1 fully saturated rings. The van der Waals surface area contributed by atoms with Crippen molar-refractivity contribution in [2.75, 3.05) is 31.2 Å². The molecule has 152 valence electrons. The molecule has 0 atom stereocenters. The average Bonchev–Trinajstić information content (AvgIpc) is 2.72. The molecule has 0 bridgehead atoms. The topological polar surface area (TPSA) is 59.1 Å². The van der Waals surface area contributed by atoms with E-state index in [9.17, 15) is 9.59 Å². The predicted octanol–water partition coefficient (Wildman–Crippen LogP) is 3.17. The highest BCUT2D eigenvalue weighted by molar-refractivity contribution is 6.04. The van der Waals surface area contributed by atoms with Crippen molar-refractivity contribution >= 4 is 17.5 Å². The van der Waals surface area contributed by atoms with Gasteiger partial charge in [-0.25, -0.2) is 0 Å². The van der Waals surface area contributed by atoms with Crippen LogP contribution in [-0.4, -0.2) is 48.6 Å². The van der Waals surface area contributed by atoms with Gasteiger partial charge in [-0.15, -0.1) is 0 Å². The number of hydrogen-bond acceptors (Lipinski definition) is 4. The molecule has 2 aliphatic rings. The summed E-state index contributed by atoms with van der Waals surface area (Å²) in [7, 11) is 0. The number of benzene rings is 2. The molecule has 2 aromatic rings. The van der Waals surface area contributed by atoms with E-state index in [1.807, 2.05) is 31.2 Å². The van der Waals surface area contributed by atoms with E-state index in [0.29, 0.717) is 49.8 Å². The Balaban J connectivity index is 1.69. The quantitative estimate of drug-likeness (QED) is 0.802. The van der Waals surface area contributed by atoms with Gasteiger partial charge in [0.2, 0.25) is 0 Å². The Hall–Kier alpha value is -2.86. The summed E-state index contributed by atoms with van der Waals surface area (Å²) in [5, 5.41) is 0. The van der Waals surface area contributed by atoms with Crippen LogP contribution < -0.4 is 9.64 Å². The van der Waals surface area contributed by atoms with Gasteiger partial charge in [0.1, 0.15) is 5.75 Å². The molecule has 0 unspecified atom stereocenters. The minimum absolute atomic E-state index is 0.0522. The summed E-state index contributed by atoms with van der Waals surface area (Å²) >= 11 is 0. The van der Waals surface area contributed by atoms with Gasteiger partial charge >= 0.3 is 0 Å². The average molecular weight is 394 g/mol. The first-order valence-corrected chi connectivity index (χ1v) is 9.93. The first kappa shape index (κ1) is 19.5. The van der Waals surface area contributed by atoms with Crippen LogP contribution in [0.15, 0.2) is 42.5 Å². The lowest BCUT2D eigenvalue weighted by molar-refractivity contribution is -0.132. The second-order valence-electron chi connectivity index (χ2n) is 8.08. The van der Waals surface area contributed by atoms with E-state index in [1.165, 1.54) is 5.56 Å². The van der Waals surface area contributed by atoms with E-state index in [1.54, 1.807) is 41.8 Å². The Morgan fingerprint density at radius 3 is 2.45 bits per heavy atom. The predicted molar refractivity (Wildman–Crippen MR) is 110 cm³/mol. The van der Waals surface area contributed by atoms with Gasteiger partial charge in [0, 0.05) is 18.7 Å². The van der Waals surface area contributed by atoms with Crippen LogP contribution in [-0.2, 0) is 16.1 Å². The molecule has 2 heterocycles. The number of nitrogens with zero attached hydrogens (tertiary/aromatic N) is 2. The normalized spacial score (nSPS) is 18.2. The van der Waals surface area contributed by atoms with Crippen molar-refractivity contribution in [3.63, 3.8) is 0 Å². The highest BCUT2D eigenvalue weighted by atomic mass is 16.5. The van der Waals surface area contributed by atoms with Gasteiger partial charge in [-0.05, 0) is 44.5 Å². The molecule has 2 aromatic carbocycles. The number of carbonyl (C=O) groups is 2. The molecular formula is C23H26N2O4. The fourth-order valence-electron chi connectivity index (χ4n) is 3.68. The van der Waals surface area contributed by atoms with Crippen molar-refractivity contribution in [2.24, 2.45) is 0 Å². The number of fused-ring (bicyclic) bond motifs is 1. The Morgan fingerprint density at radius 2 is 1.76 bits per heavy atom. The highest BCUT2D eigenvalue weighted by Gasteiger charge is 2.41. The zero-order valence-electron chi connectivity index (χ0n) is 17.1. The molecule has 4 rings (SSSR count). The van der Waals surface area contributed by atoms with E-state index < -0.39 is 5.60 Å². The first-order chi connectivity index (χ1) is 13.8. The number of rotatable bonds is 3. The molecule has 0 aromatic heterocycles. The van der Waals surface area contributed by atoms with Crippen LogP contribution in [0.3, 0.4) is 0 Å². The summed E-state index contributed by atoms with van der Waals surface area (Å²) in [6.07, 6.45) is 0. The molecule has 0 radical (unpaired) electrons. The van der Waals surface area contributed by atoms with Crippen LogP contribution in [0.1, 0.15) is 35.3 Å². The molecule has 1 saturated heterocycles. The molecule has 6 nitrogen and oxygen atoms in total. The van der Waals surface area contributed by atoms with Crippen molar-refractivity contribution in [1.82, 2.24) is 4.90 Å². The van der Waals surface area contributed by atoms with E-state index in [0.717, 1.165) is 5.56 Å². The smallest absolute Gasteiger partial charge is 0.271 e. The van der Waals surface area contributed by atoms with Crippen LogP contribution in [0.2, 0.25) is 0 Å². The maximum absolute atomic E-state index is 13.2. The second kappa shape index (κ2) is 7.52. The molecule has 2 amide bonds. The molecule has 0 spiro atoms. The van der Waals surface area contributed by atoms with Crippen LogP contribution >= 0.6 is 0 Å². The van der Waals surface area contributed by atoms with E-state index in [-0.39, 0.29) is 11.8 Å². The van der Waals surface area contributed by atoms with Crippen LogP contribution in [0.5, 0.6) is 5.75 Å². The molecule has 2 aliphatic heterocycles. The van der Waals surface area contributed by atoms with Gasteiger partial charge in [-0.3, -0.25) is 9.59 Å². The first-order valence-electron chi connectivity index (χ1n) is 9.93. The molecule has 6 heteroatoms. The summed E-state index contributed by atoms with van der Waals surface area (Å²) in [5.41, 5.74) is 2.41. The zero-order valence-corrected chi connectivity index (χ0v) is 17.1. The van der Waals surface area contributed by atoms with Gasteiger partial charge in [0.05, 0.1) is 25.4 Å². The minimum Gasteiger partial charge on any atom is -0.476 e. The minimum atomic E-state index is -0.965. The zero-order chi connectivity index (χ0) is 20.6. The van der Waals surface area contributed by atoms with Crippen molar-refractivity contribution in [3.8, 4) is 5.75 Å². The van der Waals surface area contributed by atoms with Crippen molar-refractivity contribution in [3.05, 3.63) is 59.2 Å². The third kappa shape index (κ3) is 3.85. The monoisotopic (exact) mass is 394 g/mol. The fraction of sp³-hybridized carbons (Fsp3) is 0.391. The van der Waals surface area contributed by atoms with Gasteiger partial charge in [-0.2, -0.15) is 0 Å². The second-order valence-corrected chi connectivity index (χ2v) is 8.08. The number of morpholine rings is 1. The van der Waals surface area contributed by atoms with Crippen LogP contribution in [0, 0.1) is 6.92 Å². The lowest BCUT2D eigenvalue weighted by Gasteiger charge is -2.39. The number of ether oxygens (including phenoxy) is 2. The molecule has 0 N–H and O–H groups in total. The molecule has 0 aliphatic carbocycles. The Labute approximate surface area is 171 Å². The van der Waals surface area contributed by atoms with E-state index in [4.69, 9.17) is 9.47 Å².